The Hall–Kier alpha value is -3.72. The molecule has 170 valence electrons. The number of rotatable bonds is 8. The molecule has 1 aromatic carbocycles. The van der Waals surface area contributed by atoms with Crippen LogP contribution in [-0.4, -0.2) is 42.7 Å². The van der Waals surface area contributed by atoms with E-state index < -0.39 is 0 Å². The topological polar surface area (TPSA) is 127 Å². The first kappa shape index (κ1) is 21.1. The third kappa shape index (κ3) is 4.45. The van der Waals surface area contributed by atoms with Gasteiger partial charge in [0.1, 0.15) is 5.75 Å². The minimum Gasteiger partial charge on any atom is -0.507 e. The van der Waals surface area contributed by atoms with Crippen molar-refractivity contribution in [1.82, 2.24) is 24.5 Å². The first-order valence-corrected chi connectivity index (χ1v) is 11.4. The maximum atomic E-state index is 10.1. The predicted octanol–water partition coefficient (Wildman–Crippen LogP) is 3.69. The summed E-state index contributed by atoms with van der Waals surface area (Å²) in [6.45, 7) is 1.63. The molecule has 0 radical (unpaired) electrons. The fourth-order valence-electron chi connectivity index (χ4n) is 4.32. The summed E-state index contributed by atoms with van der Waals surface area (Å²) in [7, 11) is 0. The van der Waals surface area contributed by atoms with E-state index in [-0.39, 0.29) is 5.75 Å². The van der Waals surface area contributed by atoms with Crippen LogP contribution in [-0.2, 0) is 6.54 Å². The zero-order valence-electron chi connectivity index (χ0n) is 18.4. The molecular weight excluding hydrogens is 416 g/mol. The van der Waals surface area contributed by atoms with Crippen LogP contribution in [0.5, 0.6) is 5.75 Å². The standard InChI is InChI=1S/C24H28N8O/c25-11-12-26-24-30-22(21-23(31-24)32(15-29-21)17-5-1-2-6-17)28-14-16-9-10-19(27-13-16)18-7-3-4-8-20(18)33/h3-4,7-10,13,15,17,33H,1-2,5-6,11-12,14,25H2,(H2,26,28,30,31). The number of hydrogen-bond donors (Lipinski definition) is 4. The Bertz CT molecular complexity index is 1230. The van der Waals surface area contributed by atoms with Crippen molar-refractivity contribution in [3.05, 3.63) is 54.5 Å². The quantitative estimate of drug-likeness (QED) is 0.324. The number of pyridine rings is 1. The molecule has 1 saturated carbocycles. The summed E-state index contributed by atoms with van der Waals surface area (Å²) in [6.07, 6.45) is 8.47. The van der Waals surface area contributed by atoms with Crippen molar-refractivity contribution in [2.75, 3.05) is 23.7 Å². The molecule has 0 unspecified atom stereocenters. The third-order valence-electron chi connectivity index (χ3n) is 6.03. The smallest absolute Gasteiger partial charge is 0.226 e. The number of para-hydroxylation sites is 1. The molecule has 9 nitrogen and oxygen atoms in total. The molecule has 0 spiro atoms. The average Bonchev–Trinajstić information content (AvgIpc) is 3.52. The first-order chi connectivity index (χ1) is 16.2. The molecule has 1 aliphatic rings. The van der Waals surface area contributed by atoms with Crippen LogP contribution in [0.1, 0.15) is 37.3 Å². The van der Waals surface area contributed by atoms with Crippen LogP contribution in [0.15, 0.2) is 48.9 Å². The monoisotopic (exact) mass is 444 g/mol. The van der Waals surface area contributed by atoms with Crippen LogP contribution in [0.25, 0.3) is 22.4 Å². The number of imidazole rings is 1. The summed E-state index contributed by atoms with van der Waals surface area (Å²) in [4.78, 5) is 18.5. The van der Waals surface area contributed by atoms with Gasteiger partial charge in [-0.15, -0.1) is 0 Å². The Balaban J connectivity index is 1.39. The largest absolute Gasteiger partial charge is 0.507 e. The number of aromatic nitrogens is 5. The van der Waals surface area contributed by atoms with E-state index in [4.69, 9.17) is 10.7 Å². The molecule has 33 heavy (non-hydrogen) atoms. The highest BCUT2D eigenvalue weighted by Crippen LogP contribution is 2.33. The Morgan fingerprint density at radius 1 is 1.03 bits per heavy atom. The van der Waals surface area contributed by atoms with Gasteiger partial charge in [0.25, 0.3) is 0 Å². The van der Waals surface area contributed by atoms with Gasteiger partial charge in [-0.3, -0.25) is 4.98 Å². The van der Waals surface area contributed by atoms with Crippen LogP contribution in [0, 0.1) is 0 Å². The van der Waals surface area contributed by atoms with E-state index in [9.17, 15) is 5.11 Å². The summed E-state index contributed by atoms with van der Waals surface area (Å²) < 4.78 is 2.19. The van der Waals surface area contributed by atoms with Gasteiger partial charge in [0.15, 0.2) is 17.0 Å². The number of phenolic OH excluding ortho intramolecular Hbond substituents is 1. The average molecular weight is 445 g/mol. The second kappa shape index (κ2) is 9.41. The zero-order valence-corrected chi connectivity index (χ0v) is 18.4. The van der Waals surface area contributed by atoms with Gasteiger partial charge in [-0.05, 0) is 36.6 Å². The predicted molar refractivity (Wildman–Crippen MR) is 129 cm³/mol. The van der Waals surface area contributed by atoms with Crippen LogP contribution < -0.4 is 16.4 Å². The normalized spacial score (nSPS) is 14.1. The van der Waals surface area contributed by atoms with E-state index in [1.807, 2.05) is 30.6 Å². The zero-order chi connectivity index (χ0) is 22.6. The van der Waals surface area contributed by atoms with Crippen molar-refractivity contribution in [3.63, 3.8) is 0 Å². The minimum atomic E-state index is 0.217. The highest BCUT2D eigenvalue weighted by Gasteiger charge is 2.21. The van der Waals surface area contributed by atoms with Gasteiger partial charge in [-0.2, -0.15) is 9.97 Å². The lowest BCUT2D eigenvalue weighted by Gasteiger charge is -2.14. The maximum absolute atomic E-state index is 10.1. The number of anilines is 2. The van der Waals surface area contributed by atoms with E-state index in [2.05, 4.69) is 30.2 Å². The van der Waals surface area contributed by atoms with Crippen molar-refractivity contribution >= 4 is 22.9 Å². The van der Waals surface area contributed by atoms with E-state index in [0.29, 0.717) is 43.0 Å². The molecule has 0 bridgehead atoms. The number of nitrogens with zero attached hydrogens (tertiary/aromatic N) is 5. The van der Waals surface area contributed by atoms with E-state index in [1.54, 1.807) is 18.3 Å². The molecule has 9 heteroatoms. The molecule has 1 fully saturated rings. The Morgan fingerprint density at radius 2 is 1.88 bits per heavy atom. The molecule has 4 aromatic rings. The molecule has 0 aliphatic heterocycles. The lowest BCUT2D eigenvalue weighted by atomic mass is 10.1. The molecule has 0 saturated heterocycles. The maximum Gasteiger partial charge on any atom is 0.226 e. The SMILES string of the molecule is NCCNc1nc(NCc2ccc(-c3ccccc3O)nc2)c2ncn(C3CCCC3)c2n1. The van der Waals surface area contributed by atoms with Crippen molar-refractivity contribution < 1.29 is 5.11 Å². The molecule has 1 aliphatic carbocycles. The van der Waals surface area contributed by atoms with Crippen LogP contribution in [0.3, 0.4) is 0 Å². The van der Waals surface area contributed by atoms with Gasteiger partial charge < -0.3 is 26.0 Å². The number of phenols is 1. The molecule has 3 aromatic heterocycles. The van der Waals surface area contributed by atoms with Crippen molar-refractivity contribution in [2.24, 2.45) is 5.73 Å². The molecular formula is C24H28N8O. The second-order valence-electron chi connectivity index (χ2n) is 8.30. The van der Waals surface area contributed by atoms with Crippen LogP contribution in [0.4, 0.5) is 11.8 Å². The van der Waals surface area contributed by atoms with E-state index >= 15 is 0 Å². The number of nitrogens with two attached hydrogens (primary N) is 1. The summed E-state index contributed by atoms with van der Waals surface area (Å²) in [5, 5.41) is 16.7. The highest BCUT2D eigenvalue weighted by atomic mass is 16.3. The summed E-state index contributed by atoms with van der Waals surface area (Å²) in [5.41, 5.74) is 9.69. The van der Waals surface area contributed by atoms with Crippen molar-refractivity contribution in [2.45, 2.75) is 38.3 Å². The van der Waals surface area contributed by atoms with Crippen molar-refractivity contribution in [1.29, 1.82) is 0 Å². The van der Waals surface area contributed by atoms with Gasteiger partial charge in [0.05, 0.1) is 12.0 Å². The molecule has 0 atom stereocenters. The Labute approximate surface area is 192 Å². The van der Waals surface area contributed by atoms with E-state index in [1.165, 1.54) is 12.8 Å². The second-order valence-corrected chi connectivity index (χ2v) is 8.30. The van der Waals surface area contributed by atoms with Gasteiger partial charge >= 0.3 is 0 Å². The summed E-state index contributed by atoms with van der Waals surface area (Å²) in [6, 6.07) is 11.5. The van der Waals surface area contributed by atoms with E-state index in [0.717, 1.165) is 35.3 Å². The fourth-order valence-corrected chi connectivity index (χ4v) is 4.32. The molecule has 3 heterocycles. The molecule has 5 N–H and O–H groups in total. The number of aromatic hydroxyl groups is 1. The number of benzene rings is 1. The summed E-state index contributed by atoms with van der Waals surface area (Å²) in [5.74, 6) is 1.44. The molecule has 5 rings (SSSR count). The summed E-state index contributed by atoms with van der Waals surface area (Å²) >= 11 is 0. The lowest BCUT2D eigenvalue weighted by Crippen LogP contribution is -2.16. The van der Waals surface area contributed by atoms with Gasteiger partial charge in [-0.25, -0.2) is 4.98 Å². The lowest BCUT2D eigenvalue weighted by molar-refractivity contribution is 0.477. The van der Waals surface area contributed by atoms with Crippen molar-refractivity contribution in [3.8, 4) is 17.0 Å². The number of nitrogens with one attached hydrogen (secondary N) is 2. The third-order valence-corrected chi connectivity index (χ3v) is 6.03. The fraction of sp³-hybridized carbons (Fsp3) is 0.333. The Kier molecular flexibility index (Phi) is 6.03. The first-order valence-electron chi connectivity index (χ1n) is 11.4. The van der Waals surface area contributed by atoms with Gasteiger partial charge in [0.2, 0.25) is 5.95 Å². The van der Waals surface area contributed by atoms with Gasteiger partial charge in [-0.1, -0.05) is 31.0 Å². The highest BCUT2D eigenvalue weighted by molar-refractivity contribution is 5.84. The number of fused-ring (bicyclic) bond motifs is 1. The molecule has 0 amide bonds. The number of hydrogen-bond acceptors (Lipinski definition) is 8. The van der Waals surface area contributed by atoms with Crippen LogP contribution >= 0.6 is 0 Å². The Morgan fingerprint density at radius 3 is 2.64 bits per heavy atom. The van der Waals surface area contributed by atoms with Crippen LogP contribution in [0.2, 0.25) is 0 Å². The minimum absolute atomic E-state index is 0.217. The van der Waals surface area contributed by atoms with Gasteiger partial charge in [0, 0.05) is 37.4 Å².